The van der Waals surface area contributed by atoms with Crippen LogP contribution in [0.3, 0.4) is 0 Å². The van der Waals surface area contributed by atoms with Gasteiger partial charge in [0.15, 0.2) is 5.69 Å². The van der Waals surface area contributed by atoms with E-state index in [2.05, 4.69) is 10.3 Å². The van der Waals surface area contributed by atoms with Gasteiger partial charge in [0.25, 0.3) is 5.91 Å². The van der Waals surface area contributed by atoms with Crippen LogP contribution in [-0.4, -0.2) is 53.0 Å². The average molecular weight is 435 g/mol. The van der Waals surface area contributed by atoms with E-state index in [4.69, 9.17) is 14.6 Å². The monoisotopic (exact) mass is 434 g/mol. The van der Waals surface area contributed by atoms with Crippen LogP contribution >= 0.6 is 11.3 Å². The molecule has 1 aliphatic rings. The highest BCUT2D eigenvalue weighted by molar-refractivity contribution is 7.09. The molecule has 30 heavy (non-hydrogen) atoms. The zero-order chi connectivity index (χ0) is 21.5. The van der Waals surface area contributed by atoms with Gasteiger partial charge in [0, 0.05) is 37.2 Å². The van der Waals surface area contributed by atoms with Crippen LogP contribution in [0.25, 0.3) is 0 Å². The zero-order valence-corrected chi connectivity index (χ0v) is 18.7. The summed E-state index contributed by atoms with van der Waals surface area (Å²) in [6.45, 7) is 8.68. The zero-order valence-electron chi connectivity index (χ0n) is 17.9. The number of rotatable bonds is 6. The fraction of sp³-hybridized carbons (Fsp3) is 0.619. The average Bonchev–Trinajstić information content (AvgIpc) is 3.30. The number of carbonyl (C=O) groups is 2. The molecule has 0 spiro atoms. The van der Waals surface area contributed by atoms with Gasteiger partial charge < -0.3 is 14.8 Å². The summed E-state index contributed by atoms with van der Waals surface area (Å²) in [6.07, 6.45) is 3.01. The minimum absolute atomic E-state index is 0.0653. The normalized spacial score (nSPS) is 16.3. The highest BCUT2D eigenvalue weighted by Crippen LogP contribution is 2.21. The Balaban J connectivity index is 1.71. The second-order valence-corrected chi connectivity index (χ2v) is 8.64. The van der Waals surface area contributed by atoms with Crippen LogP contribution in [-0.2, 0) is 28.9 Å². The SMILES string of the molecule is CCn1nc(C[C@@H](C)COC(=O)c2csc(C)n2)c2c1C(=O)NCCCOCCC2. The number of fused-ring (bicyclic) bond motifs is 1. The van der Waals surface area contributed by atoms with Gasteiger partial charge in [0.2, 0.25) is 0 Å². The number of thiazole rings is 1. The Morgan fingerprint density at radius 2 is 2.20 bits per heavy atom. The Bertz CT molecular complexity index is 876. The van der Waals surface area contributed by atoms with Crippen molar-refractivity contribution in [2.24, 2.45) is 5.92 Å². The number of hydrogen-bond donors (Lipinski definition) is 1. The molecule has 0 saturated heterocycles. The van der Waals surface area contributed by atoms with Crippen molar-refractivity contribution in [1.29, 1.82) is 0 Å². The lowest BCUT2D eigenvalue weighted by Crippen LogP contribution is -2.28. The van der Waals surface area contributed by atoms with Crippen LogP contribution in [0.5, 0.6) is 0 Å². The van der Waals surface area contributed by atoms with Crippen molar-refractivity contribution in [2.75, 3.05) is 26.4 Å². The van der Waals surface area contributed by atoms with Gasteiger partial charge in [-0.25, -0.2) is 9.78 Å². The second-order valence-electron chi connectivity index (χ2n) is 7.57. The number of nitrogens with zero attached hydrogens (tertiary/aromatic N) is 3. The maximum Gasteiger partial charge on any atom is 0.357 e. The molecular formula is C21H30N4O4S. The Hall–Kier alpha value is -2.26. The Morgan fingerprint density at radius 3 is 2.93 bits per heavy atom. The quantitative estimate of drug-likeness (QED) is 0.703. The van der Waals surface area contributed by atoms with Gasteiger partial charge in [0.05, 0.1) is 17.3 Å². The molecule has 0 saturated carbocycles. The Labute approximate surface area is 181 Å². The fourth-order valence-corrected chi connectivity index (χ4v) is 4.09. The van der Waals surface area contributed by atoms with Gasteiger partial charge in [-0.3, -0.25) is 9.48 Å². The van der Waals surface area contributed by atoms with E-state index >= 15 is 0 Å². The molecule has 2 aromatic heterocycles. The fourth-order valence-electron chi connectivity index (χ4n) is 3.51. The first-order valence-electron chi connectivity index (χ1n) is 10.5. The summed E-state index contributed by atoms with van der Waals surface area (Å²) in [5.74, 6) is -0.415. The number of esters is 1. The smallest absolute Gasteiger partial charge is 0.357 e. The first-order valence-corrected chi connectivity index (χ1v) is 11.4. The van der Waals surface area contributed by atoms with E-state index in [0.717, 1.165) is 35.5 Å². The molecule has 3 rings (SSSR count). The van der Waals surface area contributed by atoms with Crippen molar-refractivity contribution < 1.29 is 19.1 Å². The number of ether oxygens (including phenoxy) is 2. The summed E-state index contributed by atoms with van der Waals surface area (Å²) in [4.78, 5) is 29.1. The van der Waals surface area contributed by atoms with Crippen molar-refractivity contribution >= 4 is 23.2 Å². The molecule has 3 heterocycles. The van der Waals surface area contributed by atoms with E-state index in [1.165, 1.54) is 11.3 Å². The molecule has 164 valence electrons. The molecule has 0 unspecified atom stereocenters. The minimum Gasteiger partial charge on any atom is -0.461 e. The molecule has 1 atom stereocenters. The van der Waals surface area contributed by atoms with Crippen molar-refractivity contribution in [3.8, 4) is 0 Å². The molecule has 2 aromatic rings. The first kappa shape index (κ1) is 22.4. The van der Waals surface area contributed by atoms with E-state index in [-0.39, 0.29) is 18.4 Å². The predicted molar refractivity (Wildman–Crippen MR) is 114 cm³/mol. The van der Waals surface area contributed by atoms with Gasteiger partial charge in [-0.15, -0.1) is 11.3 Å². The molecule has 0 aliphatic carbocycles. The number of aromatic nitrogens is 3. The van der Waals surface area contributed by atoms with Crippen LogP contribution in [0.2, 0.25) is 0 Å². The summed E-state index contributed by atoms with van der Waals surface area (Å²) >= 11 is 1.43. The number of amides is 1. The number of carbonyl (C=O) groups excluding carboxylic acids is 2. The van der Waals surface area contributed by atoms with Crippen LogP contribution in [0.4, 0.5) is 0 Å². The summed E-state index contributed by atoms with van der Waals surface area (Å²) < 4.78 is 12.9. The largest absolute Gasteiger partial charge is 0.461 e. The first-order chi connectivity index (χ1) is 14.5. The van der Waals surface area contributed by atoms with Gasteiger partial charge in [0.1, 0.15) is 5.69 Å². The van der Waals surface area contributed by atoms with Crippen LogP contribution in [0, 0.1) is 12.8 Å². The van der Waals surface area contributed by atoms with E-state index in [9.17, 15) is 9.59 Å². The summed E-state index contributed by atoms with van der Waals surface area (Å²) in [7, 11) is 0. The summed E-state index contributed by atoms with van der Waals surface area (Å²) in [5.41, 5.74) is 2.88. The molecule has 0 radical (unpaired) electrons. The Morgan fingerprint density at radius 1 is 1.40 bits per heavy atom. The molecule has 1 N–H and O–H groups in total. The lowest BCUT2D eigenvalue weighted by Gasteiger charge is -2.12. The lowest BCUT2D eigenvalue weighted by atomic mass is 9.99. The molecule has 0 fully saturated rings. The van der Waals surface area contributed by atoms with Crippen LogP contribution in [0.1, 0.15) is 63.9 Å². The molecule has 1 aliphatic heterocycles. The van der Waals surface area contributed by atoms with Gasteiger partial charge >= 0.3 is 5.97 Å². The number of nitrogens with one attached hydrogen (secondary N) is 1. The Kier molecular flexibility index (Phi) is 7.98. The molecule has 1 amide bonds. The maximum absolute atomic E-state index is 12.8. The molecule has 0 aromatic carbocycles. The molecular weight excluding hydrogens is 404 g/mol. The van der Waals surface area contributed by atoms with Gasteiger partial charge in [-0.05, 0) is 45.4 Å². The molecule has 9 heteroatoms. The van der Waals surface area contributed by atoms with E-state index in [1.807, 2.05) is 20.8 Å². The van der Waals surface area contributed by atoms with Crippen molar-refractivity contribution in [3.05, 3.63) is 33.0 Å². The highest BCUT2D eigenvalue weighted by Gasteiger charge is 2.24. The summed E-state index contributed by atoms with van der Waals surface area (Å²) in [6, 6.07) is 0. The number of hydrogen-bond acceptors (Lipinski definition) is 7. The van der Waals surface area contributed by atoms with E-state index in [1.54, 1.807) is 10.1 Å². The van der Waals surface area contributed by atoms with E-state index < -0.39 is 5.97 Å². The third-order valence-corrected chi connectivity index (χ3v) is 5.76. The van der Waals surface area contributed by atoms with Gasteiger partial charge in [-0.2, -0.15) is 5.10 Å². The third-order valence-electron chi connectivity index (χ3n) is 4.98. The van der Waals surface area contributed by atoms with Crippen molar-refractivity contribution in [3.63, 3.8) is 0 Å². The number of aryl methyl sites for hydroxylation is 2. The third kappa shape index (κ3) is 5.66. The predicted octanol–water partition coefficient (Wildman–Crippen LogP) is 2.79. The highest BCUT2D eigenvalue weighted by atomic mass is 32.1. The van der Waals surface area contributed by atoms with Crippen LogP contribution in [0.15, 0.2) is 5.38 Å². The van der Waals surface area contributed by atoms with E-state index in [0.29, 0.717) is 44.1 Å². The molecule has 0 bridgehead atoms. The standard InChI is InChI=1S/C21H30N4O4S/c1-4-25-19-16(7-5-9-28-10-6-8-22-20(19)26)17(24-25)11-14(2)12-29-21(27)18-13-30-15(3)23-18/h13-14H,4-12H2,1-3H3,(H,22,26)/t14-/m1/s1. The van der Waals surface area contributed by atoms with Crippen molar-refractivity contribution in [2.45, 2.75) is 53.0 Å². The topological polar surface area (TPSA) is 95.3 Å². The van der Waals surface area contributed by atoms with Crippen LogP contribution < -0.4 is 5.32 Å². The summed E-state index contributed by atoms with van der Waals surface area (Å²) in [5, 5.41) is 10.3. The molecule has 8 nitrogen and oxygen atoms in total. The minimum atomic E-state index is -0.402. The lowest BCUT2D eigenvalue weighted by molar-refractivity contribution is 0.0442. The second kappa shape index (κ2) is 10.7. The van der Waals surface area contributed by atoms with Crippen molar-refractivity contribution in [1.82, 2.24) is 20.1 Å². The maximum atomic E-state index is 12.8. The van der Waals surface area contributed by atoms with Gasteiger partial charge in [-0.1, -0.05) is 6.92 Å².